The molecule has 1 atom stereocenters. The average Bonchev–Trinajstić information content (AvgIpc) is 2.51. The van der Waals surface area contributed by atoms with Gasteiger partial charge in [-0.3, -0.25) is 4.90 Å². The van der Waals surface area contributed by atoms with Crippen LogP contribution in [0.15, 0.2) is 48.5 Å². The second kappa shape index (κ2) is 6.37. The summed E-state index contributed by atoms with van der Waals surface area (Å²) in [6.45, 7) is 5.83. The van der Waals surface area contributed by atoms with Crippen LogP contribution in [0.25, 0.3) is 0 Å². The summed E-state index contributed by atoms with van der Waals surface area (Å²) in [5.41, 5.74) is 3.57. The fraction of sp³-hybridized carbons (Fsp3) is 0.333. The Hall–Kier alpha value is -1.71. The van der Waals surface area contributed by atoms with E-state index in [1.54, 1.807) is 12.1 Å². The van der Waals surface area contributed by atoms with Gasteiger partial charge < -0.3 is 5.32 Å². The van der Waals surface area contributed by atoms with Crippen LogP contribution in [0.1, 0.15) is 22.7 Å². The van der Waals surface area contributed by atoms with Gasteiger partial charge in [-0.15, -0.1) is 0 Å². The number of hydrogen-bond donors (Lipinski definition) is 1. The van der Waals surface area contributed by atoms with Crippen LogP contribution in [-0.4, -0.2) is 24.5 Å². The van der Waals surface area contributed by atoms with E-state index in [1.807, 2.05) is 19.1 Å². The molecule has 110 valence electrons. The number of nitrogens with zero attached hydrogens (tertiary/aromatic N) is 1. The molecule has 2 nitrogen and oxygen atoms in total. The zero-order valence-corrected chi connectivity index (χ0v) is 12.3. The van der Waals surface area contributed by atoms with Gasteiger partial charge in [0, 0.05) is 32.2 Å². The first-order valence-corrected chi connectivity index (χ1v) is 7.49. The maximum absolute atomic E-state index is 13.2. The Morgan fingerprint density at radius 1 is 1.19 bits per heavy atom. The van der Waals surface area contributed by atoms with Crippen molar-refractivity contribution < 1.29 is 4.39 Å². The van der Waals surface area contributed by atoms with Crippen molar-refractivity contribution in [3.8, 4) is 0 Å². The standard InChI is InChI=1S/C18H21FN2/c1-14-11-17(19)8-7-16(14)13-21-10-9-20-12-18(21)15-5-3-2-4-6-15/h2-8,11,18,20H,9-10,12-13H2,1H3. The van der Waals surface area contributed by atoms with E-state index in [0.29, 0.717) is 6.04 Å². The van der Waals surface area contributed by atoms with Crippen molar-refractivity contribution in [3.05, 3.63) is 71.0 Å². The van der Waals surface area contributed by atoms with Gasteiger partial charge in [0.1, 0.15) is 5.82 Å². The van der Waals surface area contributed by atoms with Gasteiger partial charge >= 0.3 is 0 Å². The number of aryl methyl sites for hydroxylation is 1. The van der Waals surface area contributed by atoms with Crippen LogP contribution in [0.3, 0.4) is 0 Å². The zero-order chi connectivity index (χ0) is 14.7. The summed E-state index contributed by atoms with van der Waals surface area (Å²) < 4.78 is 13.2. The molecule has 3 rings (SSSR count). The van der Waals surface area contributed by atoms with Crippen molar-refractivity contribution >= 4 is 0 Å². The van der Waals surface area contributed by atoms with Gasteiger partial charge in [-0.25, -0.2) is 4.39 Å². The third-order valence-electron chi connectivity index (χ3n) is 4.22. The average molecular weight is 284 g/mol. The number of halogens is 1. The predicted octanol–water partition coefficient (Wildman–Crippen LogP) is 3.28. The summed E-state index contributed by atoms with van der Waals surface area (Å²) >= 11 is 0. The highest BCUT2D eigenvalue weighted by atomic mass is 19.1. The van der Waals surface area contributed by atoms with Crippen LogP contribution >= 0.6 is 0 Å². The Balaban J connectivity index is 1.81. The first kappa shape index (κ1) is 14.2. The summed E-state index contributed by atoms with van der Waals surface area (Å²) in [5.74, 6) is -0.156. The van der Waals surface area contributed by atoms with E-state index < -0.39 is 0 Å². The third-order valence-corrected chi connectivity index (χ3v) is 4.22. The summed E-state index contributed by atoms with van der Waals surface area (Å²) in [6.07, 6.45) is 0. The quantitative estimate of drug-likeness (QED) is 0.930. The number of benzene rings is 2. The Morgan fingerprint density at radius 3 is 2.76 bits per heavy atom. The first-order chi connectivity index (χ1) is 10.2. The number of nitrogens with one attached hydrogen (secondary N) is 1. The topological polar surface area (TPSA) is 15.3 Å². The molecule has 2 aromatic rings. The van der Waals surface area contributed by atoms with Crippen LogP contribution in [0.5, 0.6) is 0 Å². The molecule has 3 heteroatoms. The molecule has 2 aromatic carbocycles. The molecule has 0 saturated carbocycles. The van der Waals surface area contributed by atoms with Crippen molar-refractivity contribution in [1.29, 1.82) is 0 Å². The summed E-state index contributed by atoms with van der Waals surface area (Å²) in [7, 11) is 0. The highest BCUT2D eigenvalue weighted by Gasteiger charge is 2.23. The Morgan fingerprint density at radius 2 is 2.00 bits per heavy atom. The molecule has 1 fully saturated rings. The summed E-state index contributed by atoms with van der Waals surface area (Å²) in [5, 5.41) is 3.47. The van der Waals surface area contributed by atoms with Crippen LogP contribution in [0.2, 0.25) is 0 Å². The van der Waals surface area contributed by atoms with Gasteiger partial charge in [0.05, 0.1) is 0 Å². The molecule has 0 amide bonds. The highest BCUT2D eigenvalue weighted by molar-refractivity contribution is 5.27. The SMILES string of the molecule is Cc1cc(F)ccc1CN1CCNCC1c1ccccc1. The highest BCUT2D eigenvalue weighted by Crippen LogP contribution is 2.25. The lowest BCUT2D eigenvalue weighted by Crippen LogP contribution is -2.45. The molecule has 1 unspecified atom stereocenters. The van der Waals surface area contributed by atoms with Crippen molar-refractivity contribution in [2.24, 2.45) is 0 Å². The molecule has 0 aromatic heterocycles. The van der Waals surface area contributed by atoms with Crippen LogP contribution in [0, 0.1) is 12.7 Å². The van der Waals surface area contributed by atoms with Gasteiger partial charge in [-0.2, -0.15) is 0 Å². The molecular formula is C18H21FN2. The molecule has 1 aliphatic heterocycles. The molecule has 1 saturated heterocycles. The van der Waals surface area contributed by atoms with E-state index in [4.69, 9.17) is 0 Å². The Kier molecular flexibility index (Phi) is 4.32. The molecule has 1 heterocycles. The van der Waals surface area contributed by atoms with Crippen molar-refractivity contribution in [1.82, 2.24) is 10.2 Å². The van der Waals surface area contributed by atoms with Gasteiger partial charge in [0.15, 0.2) is 0 Å². The molecule has 1 aliphatic rings. The second-order valence-corrected chi connectivity index (χ2v) is 5.67. The Labute approximate surface area is 125 Å². The monoisotopic (exact) mass is 284 g/mol. The fourth-order valence-electron chi connectivity index (χ4n) is 2.99. The maximum atomic E-state index is 13.2. The molecule has 21 heavy (non-hydrogen) atoms. The molecule has 0 spiro atoms. The lowest BCUT2D eigenvalue weighted by molar-refractivity contribution is 0.153. The van der Waals surface area contributed by atoms with Gasteiger partial charge in [0.2, 0.25) is 0 Å². The lowest BCUT2D eigenvalue weighted by atomic mass is 10.0. The lowest BCUT2D eigenvalue weighted by Gasteiger charge is -2.37. The van der Waals surface area contributed by atoms with Crippen LogP contribution in [0.4, 0.5) is 4.39 Å². The predicted molar refractivity (Wildman–Crippen MR) is 83.6 cm³/mol. The molecular weight excluding hydrogens is 263 g/mol. The minimum Gasteiger partial charge on any atom is -0.314 e. The summed E-state index contributed by atoms with van der Waals surface area (Å²) in [4.78, 5) is 2.48. The molecule has 1 N–H and O–H groups in total. The Bertz CT molecular complexity index is 597. The van der Waals surface area contributed by atoms with E-state index in [9.17, 15) is 4.39 Å². The third kappa shape index (κ3) is 3.31. The van der Waals surface area contributed by atoms with Crippen molar-refractivity contribution in [2.75, 3.05) is 19.6 Å². The second-order valence-electron chi connectivity index (χ2n) is 5.67. The largest absolute Gasteiger partial charge is 0.314 e. The minimum atomic E-state index is -0.156. The van der Waals surface area contributed by atoms with Gasteiger partial charge in [-0.1, -0.05) is 36.4 Å². The number of rotatable bonds is 3. The normalized spacial score (nSPS) is 19.6. The summed E-state index contributed by atoms with van der Waals surface area (Å²) in [6, 6.07) is 16.1. The fourth-order valence-corrected chi connectivity index (χ4v) is 2.99. The van der Waals surface area contributed by atoms with Crippen LogP contribution < -0.4 is 5.32 Å². The number of hydrogen-bond acceptors (Lipinski definition) is 2. The van der Waals surface area contributed by atoms with Gasteiger partial charge in [0.25, 0.3) is 0 Å². The van der Waals surface area contributed by atoms with E-state index in [0.717, 1.165) is 31.7 Å². The van der Waals surface area contributed by atoms with E-state index in [2.05, 4.69) is 34.5 Å². The maximum Gasteiger partial charge on any atom is 0.123 e. The minimum absolute atomic E-state index is 0.156. The molecule has 0 bridgehead atoms. The molecule has 0 aliphatic carbocycles. The van der Waals surface area contributed by atoms with Crippen molar-refractivity contribution in [3.63, 3.8) is 0 Å². The van der Waals surface area contributed by atoms with Crippen LogP contribution in [-0.2, 0) is 6.54 Å². The van der Waals surface area contributed by atoms with Gasteiger partial charge in [-0.05, 0) is 35.7 Å². The van der Waals surface area contributed by atoms with E-state index in [1.165, 1.54) is 11.1 Å². The molecule has 0 radical (unpaired) electrons. The van der Waals surface area contributed by atoms with E-state index in [-0.39, 0.29) is 5.82 Å². The van der Waals surface area contributed by atoms with E-state index >= 15 is 0 Å². The van der Waals surface area contributed by atoms with Crippen molar-refractivity contribution in [2.45, 2.75) is 19.5 Å². The smallest absolute Gasteiger partial charge is 0.123 e. The number of piperazine rings is 1. The zero-order valence-electron chi connectivity index (χ0n) is 12.3. The first-order valence-electron chi connectivity index (χ1n) is 7.49.